The molecule has 2 aromatic carbocycles. The quantitative estimate of drug-likeness (QED) is 0.909. The van der Waals surface area contributed by atoms with E-state index in [-0.39, 0.29) is 11.3 Å². The van der Waals surface area contributed by atoms with Gasteiger partial charge in [-0.25, -0.2) is 17.6 Å². The van der Waals surface area contributed by atoms with Gasteiger partial charge in [0.05, 0.1) is 6.26 Å². The van der Waals surface area contributed by atoms with Gasteiger partial charge in [-0.2, -0.15) is 0 Å². The van der Waals surface area contributed by atoms with Gasteiger partial charge in [0.25, 0.3) is 0 Å². The van der Waals surface area contributed by atoms with Crippen LogP contribution in [-0.2, 0) is 10.0 Å². The molecule has 0 radical (unpaired) electrons. The lowest BCUT2D eigenvalue weighted by Gasteiger charge is -2.10. The van der Waals surface area contributed by atoms with Gasteiger partial charge in [0.2, 0.25) is 10.0 Å². The first-order valence-electron chi connectivity index (χ1n) is 5.88. The molecule has 2 aromatic rings. The fourth-order valence-electron chi connectivity index (χ4n) is 1.95. The zero-order valence-electron chi connectivity index (χ0n) is 11.0. The van der Waals surface area contributed by atoms with Crippen LogP contribution in [0.15, 0.2) is 42.5 Å². The third kappa shape index (κ3) is 3.57. The Morgan fingerprint density at radius 1 is 1.19 bits per heavy atom. The van der Waals surface area contributed by atoms with Crippen LogP contribution in [0.5, 0.6) is 0 Å². The van der Waals surface area contributed by atoms with Crippen LogP contribution in [0.3, 0.4) is 0 Å². The maximum absolute atomic E-state index is 13.7. The van der Waals surface area contributed by atoms with Gasteiger partial charge in [-0.15, -0.1) is 0 Å². The Morgan fingerprint density at radius 2 is 1.86 bits per heavy atom. The number of carbonyl (C=O) groups is 1. The lowest BCUT2D eigenvalue weighted by atomic mass is 9.99. The molecule has 2 N–H and O–H groups in total. The number of hydrogen-bond donors (Lipinski definition) is 2. The number of anilines is 1. The van der Waals surface area contributed by atoms with E-state index in [9.17, 15) is 17.6 Å². The third-order valence-electron chi connectivity index (χ3n) is 2.70. The molecule has 0 saturated heterocycles. The molecule has 0 unspecified atom stereocenters. The van der Waals surface area contributed by atoms with Crippen LogP contribution in [0.4, 0.5) is 10.1 Å². The minimum atomic E-state index is -3.45. The van der Waals surface area contributed by atoms with Crippen molar-refractivity contribution < 1.29 is 22.7 Å². The lowest BCUT2D eigenvalue weighted by molar-refractivity contribution is 0.0693. The molecule has 5 nitrogen and oxygen atoms in total. The van der Waals surface area contributed by atoms with Crippen molar-refractivity contribution in [2.75, 3.05) is 11.0 Å². The Hall–Kier alpha value is -2.41. The molecule has 0 aromatic heterocycles. The highest BCUT2D eigenvalue weighted by molar-refractivity contribution is 7.92. The van der Waals surface area contributed by atoms with Gasteiger partial charge in [-0.3, -0.25) is 4.72 Å². The Bertz CT molecular complexity index is 802. The van der Waals surface area contributed by atoms with Gasteiger partial charge >= 0.3 is 5.97 Å². The number of rotatable bonds is 4. The smallest absolute Gasteiger partial charge is 0.339 e. The van der Waals surface area contributed by atoms with Crippen molar-refractivity contribution >= 4 is 21.7 Å². The van der Waals surface area contributed by atoms with Crippen LogP contribution < -0.4 is 4.72 Å². The van der Waals surface area contributed by atoms with Gasteiger partial charge in [-0.05, 0) is 29.3 Å². The maximum Gasteiger partial charge on any atom is 0.339 e. The van der Waals surface area contributed by atoms with Crippen LogP contribution in [-0.4, -0.2) is 25.7 Å². The van der Waals surface area contributed by atoms with Crippen LogP contribution in [0, 0.1) is 5.82 Å². The average Bonchev–Trinajstić information content (AvgIpc) is 2.36. The fourth-order valence-corrected chi connectivity index (χ4v) is 2.50. The molecule has 0 aliphatic heterocycles. The number of nitrogens with one attached hydrogen (secondary N) is 1. The molecule has 0 saturated carbocycles. The molecule has 0 bridgehead atoms. The zero-order valence-corrected chi connectivity index (χ0v) is 11.8. The van der Waals surface area contributed by atoms with Crippen molar-refractivity contribution in [2.45, 2.75) is 0 Å². The lowest BCUT2D eigenvalue weighted by Crippen LogP contribution is -2.09. The number of sulfonamides is 1. The monoisotopic (exact) mass is 309 g/mol. The van der Waals surface area contributed by atoms with Gasteiger partial charge in [0.1, 0.15) is 11.4 Å². The normalized spacial score (nSPS) is 11.1. The van der Waals surface area contributed by atoms with E-state index in [1.165, 1.54) is 24.3 Å². The van der Waals surface area contributed by atoms with Gasteiger partial charge in [0, 0.05) is 5.69 Å². The average molecular weight is 309 g/mol. The molecular weight excluding hydrogens is 297 g/mol. The van der Waals surface area contributed by atoms with Crippen molar-refractivity contribution in [3.05, 3.63) is 53.8 Å². The second kappa shape index (κ2) is 5.53. The molecule has 110 valence electrons. The van der Waals surface area contributed by atoms with Crippen molar-refractivity contribution in [1.82, 2.24) is 0 Å². The number of hydrogen-bond acceptors (Lipinski definition) is 3. The summed E-state index contributed by atoms with van der Waals surface area (Å²) in [6.07, 6.45) is 1.00. The van der Waals surface area contributed by atoms with E-state index in [0.717, 1.165) is 12.3 Å². The Kier molecular flexibility index (Phi) is 3.95. The van der Waals surface area contributed by atoms with Crippen LogP contribution in [0.2, 0.25) is 0 Å². The minimum Gasteiger partial charge on any atom is -0.478 e. The molecule has 0 aliphatic carbocycles. The number of carboxylic acid groups (broad SMARTS) is 1. The SMILES string of the molecule is CS(=O)(=O)Nc1cccc(-c2cccc(F)c2C(=O)O)c1. The molecule has 2 rings (SSSR count). The van der Waals surface area contributed by atoms with E-state index in [0.29, 0.717) is 5.56 Å². The summed E-state index contributed by atoms with van der Waals surface area (Å²) in [4.78, 5) is 11.2. The van der Waals surface area contributed by atoms with Crippen molar-refractivity contribution in [3.63, 3.8) is 0 Å². The fraction of sp³-hybridized carbons (Fsp3) is 0.0714. The number of halogens is 1. The van der Waals surface area contributed by atoms with Crippen molar-refractivity contribution in [2.24, 2.45) is 0 Å². The number of aromatic carboxylic acids is 1. The zero-order chi connectivity index (χ0) is 15.6. The highest BCUT2D eigenvalue weighted by Gasteiger charge is 2.17. The Balaban J connectivity index is 2.56. The molecular formula is C14H12FNO4S. The summed E-state index contributed by atoms with van der Waals surface area (Å²) < 4.78 is 38.4. The van der Waals surface area contributed by atoms with E-state index in [4.69, 9.17) is 5.11 Å². The molecule has 0 aliphatic rings. The summed E-state index contributed by atoms with van der Waals surface area (Å²) in [6.45, 7) is 0. The van der Waals surface area contributed by atoms with E-state index >= 15 is 0 Å². The molecule has 0 fully saturated rings. The van der Waals surface area contributed by atoms with E-state index in [1.807, 2.05) is 0 Å². The molecule has 0 atom stereocenters. The Morgan fingerprint density at radius 3 is 2.48 bits per heavy atom. The van der Waals surface area contributed by atoms with E-state index in [1.54, 1.807) is 12.1 Å². The first kappa shape index (κ1) is 15.0. The molecule has 0 heterocycles. The van der Waals surface area contributed by atoms with E-state index < -0.39 is 27.4 Å². The summed E-state index contributed by atoms with van der Waals surface area (Å²) in [7, 11) is -3.45. The second-order valence-electron chi connectivity index (χ2n) is 4.42. The largest absolute Gasteiger partial charge is 0.478 e. The predicted molar refractivity (Wildman–Crippen MR) is 77.3 cm³/mol. The van der Waals surface area contributed by atoms with Crippen LogP contribution in [0.1, 0.15) is 10.4 Å². The van der Waals surface area contributed by atoms with Gasteiger partial charge in [-0.1, -0.05) is 24.3 Å². The molecule has 0 amide bonds. The molecule has 0 spiro atoms. The minimum absolute atomic E-state index is 0.180. The topological polar surface area (TPSA) is 83.5 Å². The summed E-state index contributed by atoms with van der Waals surface area (Å²) in [5, 5.41) is 9.11. The number of carboxylic acids is 1. The summed E-state index contributed by atoms with van der Waals surface area (Å²) in [5.41, 5.74) is 0.407. The van der Waals surface area contributed by atoms with Crippen molar-refractivity contribution in [1.29, 1.82) is 0 Å². The van der Waals surface area contributed by atoms with Crippen LogP contribution in [0.25, 0.3) is 11.1 Å². The summed E-state index contributed by atoms with van der Waals surface area (Å²) >= 11 is 0. The predicted octanol–water partition coefficient (Wildman–Crippen LogP) is 2.56. The van der Waals surface area contributed by atoms with E-state index in [2.05, 4.69) is 4.72 Å². The maximum atomic E-state index is 13.7. The first-order chi connectivity index (χ1) is 9.78. The Labute approximate surface area is 121 Å². The standard InChI is InChI=1S/C14H12FNO4S/c1-21(19,20)16-10-5-2-4-9(8-10)11-6-3-7-12(15)13(11)14(17)18/h2-8,16H,1H3,(H,17,18). The highest BCUT2D eigenvalue weighted by Crippen LogP contribution is 2.28. The molecule has 7 heteroatoms. The van der Waals surface area contributed by atoms with Crippen LogP contribution >= 0.6 is 0 Å². The van der Waals surface area contributed by atoms with Gasteiger partial charge < -0.3 is 5.11 Å². The third-order valence-corrected chi connectivity index (χ3v) is 3.31. The van der Waals surface area contributed by atoms with Crippen molar-refractivity contribution in [3.8, 4) is 11.1 Å². The second-order valence-corrected chi connectivity index (χ2v) is 6.17. The molecule has 21 heavy (non-hydrogen) atoms. The first-order valence-corrected chi connectivity index (χ1v) is 7.77. The summed E-state index contributed by atoms with van der Waals surface area (Å²) in [5.74, 6) is -2.23. The number of benzene rings is 2. The highest BCUT2D eigenvalue weighted by atomic mass is 32.2. The summed E-state index contributed by atoms with van der Waals surface area (Å²) in [6, 6.07) is 10.0. The van der Waals surface area contributed by atoms with Gasteiger partial charge in [0.15, 0.2) is 0 Å².